The van der Waals surface area contributed by atoms with Crippen molar-refractivity contribution in [2.24, 2.45) is 0 Å². The number of pyridine rings is 1. The molecule has 0 amide bonds. The Morgan fingerprint density at radius 3 is 2.57 bits per heavy atom. The van der Waals surface area contributed by atoms with Crippen molar-refractivity contribution in [3.8, 4) is 0 Å². The summed E-state index contributed by atoms with van der Waals surface area (Å²) in [4.78, 5) is 22.4. The molecule has 2 rings (SSSR count). The third-order valence-corrected chi connectivity index (χ3v) is 3.67. The van der Waals surface area contributed by atoms with Gasteiger partial charge in [-0.3, -0.25) is 14.9 Å². The number of fused-ring (bicyclic) bond motifs is 1. The molecule has 5 nitrogen and oxygen atoms in total. The van der Waals surface area contributed by atoms with Crippen LogP contribution in [0.15, 0.2) is 35.1 Å². The fourth-order valence-electron chi connectivity index (χ4n) is 2.51. The van der Waals surface area contributed by atoms with E-state index < -0.39 is 4.92 Å². The normalized spacial score (nSPS) is 10.9. The quantitative estimate of drug-likeness (QED) is 0.441. The highest BCUT2D eigenvalue weighted by atomic mass is 16.6. The summed E-state index contributed by atoms with van der Waals surface area (Å²) in [7, 11) is 0. The number of nitro benzene ring substituents is 1. The first kappa shape index (κ1) is 15.2. The molecule has 1 heterocycles. The summed E-state index contributed by atoms with van der Waals surface area (Å²) in [6.45, 7) is 2.83. The van der Waals surface area contributed by atoms with Crippen LogP contribution in [0.2, 0.25) is 0 Å². The third kappa shape index (κ3) is 3.68. The molecular formula is C16H20N2O3. The fraction of sp³-hybridized carbons (Fsp3) is 0.438. The van der Waals surface area contributed by atoms with Crippen LogP contribution in [0, 0.1) is 10.1 Å². The number of unbranched alkanes of at least 4 members (excludes halogenated alkanes) is 4. The number of non-ortho nitro benzene ring substituents is 1. The maximum atomic E-state index is 12.0. The van der Waals surface area contributed by atoms with E-state index in [1.807, 2.05) is 0 Å². The standard InChI is InChI=1S/C16H20N2O3/c1-2-3-4-5-6-11-17-15-9-8-14(18(20)21)12-13(15)7-10-16(17)19/h7-10,12H,2-6,11H2,1H3. The van der Waals surface area contributed by atoms with Gasteiger partial charge in [-0.05, 0) is 18.6 Å². The van der Waals surface area contributed by atoms with Crippen LogP contribution in [-0.4, -0.2) is 9.49 Å². The topological polar surface area (TPSA) is 65.1 Å². The van der Waals surface area contributed by atoms with Crippen molar-refractivity contribution in [1.82, 2.24) is 4.57 Å². The third-order valence-electron chi connectivity index (χ3n) is 3.67. The summed E-state index contributed by atoms with van der Waals surface area (Å²) in [5, 5.41) is 11.5. The highest BCUT2D eigenvalue weighted by molar-refractivity contribution is 5.81. The number of hydrogen-bond acceptors (Lipinski definition) is 3. The van der Waals surface area contributed by atoms with Crippen molar-refractivity contribution < 1.29 is 4.92 Å². The van der Waals surface area contributed by atoms with Crippen molar-refractivity contribution in [2.45, 2.75) is 45.6 Å². The number of aromatic nitrogens is 1. The zero-order chi connectivity index (χ0) is 15.2. The molecule has 0 atom stereocenters. The van der Waals surface area contributed by atoms with Gasteiger partial charge in [-0.1, -0.05) is 32.6 Å². The van der Waals surface area contributed by atoms with Crippen molar-refractivity contribution in [2.75, 3.05) is 0 Å². The minimum atomic E-state index is -0.417. The van der Waals surface area contributed by atoms with Gasteiger partial charge in [0.2, 0.25) is 0 Å². The molecule has 1 aromatic heterocycles. The first-order valence-corrected chi connectivity index (χ1v) is 7.41. The van der Waals surface area contributed by atoms with Gasteiger partial charge in [0.15, 0.2) is 0 Å². The lowest BCUT2D eigenvalue weighted by Gasteiger charge is -2.09. The molecule has 21 heavy (non-hydrogen) atoms. The van der Waals surface area contributed by atoms with Gasteiger partial charge in [-0.2, -0.15) is 0 Å². The highest BCUT2D eigenvalue weighted by Gasteiger charge is 2.09. The summed E-state index contributed by atoms with van der Waals surface area (Å²) < 4.78 is 1.71. The van der Waals surface area contributed by atoms with Gasteiger partial charge in [0, 0.05) is 30.1 Å². The Balaban J connectivity index is 2.23. The molecule has 0 bridgehead atoms. The van der Waals surface area contributed by atoms with E-state index in [1.54, 1.807) is 16.7 Å². The maximum absolute atomic E-state index is 12.0. The van der Waals surface area contributed by atoms with Crippen molar-refractivity contribution >= 4 is 16.6 Å². The van der Waals surface area contributed by atoms with Crippen LogP contribution in [0.1, 0.15) is 39.0 Å². The summed E-state index contributed by atoms with van der Waals surface area (Å²) in [5.74, 6) is 0. The first-order chi connectivity index (χ1) is 10.1. The molecule has 1 aromatic carbocycles. The van der Waals surface area contributed by atoms with Gasteiger partial charge in [-0.25, -0.2) is 0 Å². The van der Waals surface area contributed by atoms with Crippen LogP contribution in [0.5, 0.6) is 0 Å². The summed E-state index contributed by atoms with van der Waals surface area (Å²) in [6, 6.07) is 7.77. The van der Waals surface area contributed by atoms with Crippen LogP contribution in [0.25, 0.3) is 10.9 Å². The Morgan fingerprint density at radius 2 is 1.86 bits per heavy atom. The minimum absolute atomic E-state index is 0.0492. The van der Waals surface area contributed by atoms with E-state index in [-0.39, 0.29) is 11.2 Å². The molecule has 0 spiro atoms. The van der Waals surface area contributed by atoms with Gasteiger partial charge in [0.25, 0.3) is 11.2 Å². The molecule has 0 N–H and O–H groups in total. The number of hydrogen-bond donors (Lipinski definition) is 0. The first-order valence-electron chi connectivity index (χ1n) is 7.41. The SMILES string of the molecule is CCCCCCCn1c(=O)ccc2cc([N+](=O)[O-])ccc21. The van der Waals surface area contributed by atoms with Crippen molar-refractivity contribution in [1.29, 1.82) is 0 Å². The Kier molecular flexibility index (Phi) is 5.09. The molecule has 0 aliphatic rings. The van der Waals surface area contributed by atoms with Gasteiger partial charge < -0.3 is 4.57 Å². The maximum Gasteiger partial charge on any atom is 0.270 e. The van der Waals surface area contributed by atoms with E-state index in [1.165, 1.54) is 37.5 Å². The lowest BCUT2D eigenvalue weighted by atomic mass is 10.1. The smallest absolute Gasteiger partial charge is 0.270 e. The molecular weight excluding hydrogens is 268 g/mol. The van der Waals surface area contributed by atoms with E-state index in [4.69, 9.17) is 0 Å². The average Bonchev–Trinajstić information content (AvgIpc) is 2.48. The van der Waals surface area contributed by atoms with Gasteiger partial charge in [-0.15, -0.1) is 0 Å². The van der Waals surface area contributed by atoms with Crippen LogP contribution in [-0.2, 0) is 6.54 Å². The largest absolute Gasteiger partial charge is 0.308 e. The Hall–Kier alpha value is -2.17. The second-order valence-corrected chi connectivity index (χ2v) is 5.24. The zero-order valence-corrected chi connectivity index (χ0v) is 12.2. The fourth-order valence-corrected chi connectivity index (χ4v) is 2.51. The van der Waals surface area contributed by atoms with E-state index in [0.29, 0.717) is 6.54 Å². The lowest BCUT2D eigenvalue weighted by Crippen LogP contribution is -2.19. The van der Waals surface area contributed by atoms with Crippen molar-refractivity contribution in [3.05, 3.63) is 50.8 Å². The van der Waals surface area contributed by atoms with Gasteiger partial charge in [0.1, 0.15) is 0 Å². The molecule has 2 aromatic rings. The summed E-state index contributed by atoms with van der Waals surface area (Å²) in [5.41, 5.74) is 0.770. The van der Waals surface area contributed by atoms with E-state index >= 15 is 0 Å². The van der Waals surface area contributed by atoms with Gasteiger partial charge in [0.05, 0.1) is 10.4 Å². The Morgan fingerprint density at radius 1 is 1.10 bits per heavy atom. The molecule has 112 valence electrons. The summed E-state index contributed by atoms with van der Waals surface area (Å²) >= 11 is 0. The molecule has 5 heteroatoms. The number of rotatable bonds is 7. The predicted molar refractivity (Wildman–Crippen MR) is 83.6 cm³/mol. The van der Waals surface area contributed by atoms with Crippen molar-refractivity contribution in [3.63, 3.8) is 0 Å². The molecule has 0 saturated carbocycles. The molecule has 0 fully saturated rings. The minimum Gasteiger partial charge on any atom is -0.308 e. The molecule has 0 aliphatic carbocycles. The number of nitrogens with zero attached hydrogens (tertiary/aromatic N) is 2. The van der Waals surface area contributed by atoms with E-state index in [9.17, 15) is 14.9 Å². The molecule has 0 aliphatic heterocycles. The monoisotopic (exact) mass is 288 g/mol. The van der Waals surface area contributed by atoms with E-state index in [0.717, 1.165) is 23.7 Å². The predicted octanol–water partition coefficient (Wildman–Crippen LogP) is 3.88. The van der Waals surface area contributed by atoms with Crippen LogP contribution in [0.4, 0.5) is 5.69 Å². The number of nitro groups is 1. The number of benzene rings is 1. The Bertz CT molecular complexity index is 691. The van der Waals surface area contributed by atoms with E-state index in [2.05, 4.69) is 6.92 Å². The second kappa shape index (κ2) is 7.02. The van der Waals surface area contributed by atoms with Gasteiger partial charge >= 0.3 is 0 Å². The summed E-state index contributed by atoms with van der Waals surface area (Å²) in [6.07, 6.45) is 5.65. The van der Waals surface area contributed by atoms with Crippen LogP contribution in [0.3, 0.4) is 0 Å². The molecule has 0 unspecified atom stereocenters. The molecule has 0 radical (unpaired) electrons. The van der Waals surface area contributed by atoms with Crippen LogP contribution >= 0.6 is 0 Å². The number of aryl methyl sites for hydroxylation is 1. The lowest BCUT2D eigenvalue weighted by molar-refractivity contribution is -0.384. The molecule has 0 saturated heterocycles. The zero-order valence-electron chi connectivity index (χ0n) is 12.2. The average molecular weight is 288 g/mol. The Labute approximate surface area is 123 Å². The van der Waals surface area contributed by atoms with Crippen LogP contribution < -0.4 is 5.56 Å². The highest BCUT2D eigenvalue weighted by Crippen LogP contribution is 2.20. The second-order valence-electron chi connectivity index (χ2n) is 5.24.